The molecule has 15 heavy (non-hydrogen) atoms. The van der Waals surface area contributed by atoms with Gasteiger partial charge in [-0.25, -0.2) is 0 Å². The molecule has 0 spiro atoms. The number of carbonyl (C=O) groups is 1. The van der Waals surface area contributed by atoms with Gasteiger partial charge in [-0.1, -0.05) is 47.6 Å². The minimum absolute atomic E-state index is 0.145. The van der Waals surface area contributed by atoms with Crippen LogP contribution in [-0.2, 0) is 4.79 Å². The Balaban J connectivity index is 2.57. The molecule has 1 aromatic carbocycles. The van der Waals surface area contributed by atoms with E-state index in [0.29, 0.717) is 0 Å². The lowest BCUT2D eigenvalue weighted by Gasteiger charge is -1.98. The first-order valence-electron chi connectivity index (χ1n) is 4.65. The summed E-state index contributed by atoms with van der Waals surface area (Å²) in [5, 5.41) is 0.928. The normalized spacial score (nSPS) is 10.9. The maximum absolute atomic E-state index is 10.7. The van der Waals surface area contributed by atoms with E-state index in [1.807, 2.05) is 37.3 Å². The molecule has 0 atom stereocenters. The van der Waals surface area contributed by atoms with Gasteiger partial charge in [0.1, 0.15) is 0 Å². The molecule has 0 aromatic heterocycles. The molecule has 80 valence electrons. The minimum Gasteiger partial charge on any atom is -0.288 e. The fourth-order valence-electron chi connectivity index (χ4n) is 1.12. The van der Waals surface area contributed by atoms with Crippen molar-refractivity contribution >= 4 is 34.6 Å². The predicted octanol–water partition coefficient (Wildman–Crippen LogP) is 3.94. The van der Waals surface area contributed by atoms with Crippen LogP contribution in [-0.4, -0.2) is 10.9 Å². The molecule has 0 radical (unpaired) electrons. The van der Waals surface area contributed by atoms with E-state index in [4.69, 9.17) is 11.6 Å². The average molecular weight is 241 g/mol. The van der Waals surface area contributed by atoms with Crippen molar-refractivity contribution < 1.29 is 4.79 Å². The van der Waals surface area contributed by atoms with Gasteiger partial charge < -0.3 is 0 Å². The molecule has 1 rings (SSSR count). The summed E-state index contributed by atoms with van der Waals surface area (Å²) in [5.41, 5.74) is 2.18. The van der Waals surface area contributed by atoms with E-state index < -0.39 is 0 Å². The van der Waals surface area contributed by atoms with Crippen LogP contribution < -0.4 is 0 Å². The van der Waals surface area contributed by atoms with E-state index in [-0.39, 0.29) is 5.12 Å². The molecule has 3 heteroatoms. The SMILES string of the molecule is CC(=O)SCC=Cc1ccc(Cl)c(C)c1. The second kappa shape index (κ2) is 5.99. The quantitative estimate of drug-likeness (QED) is 0.796. The lowest BCUT2D eigenvalue weighted by Crippen LogP contribution is -1.82. The Morgan fingerprint density at radius 1 is 1.53 bits per heavy atom. The van der Waals surface area contributed by atoms with E-state index >= 15 is 0 Å². The van der Waals surface area contributed by atoms with Crippen molar-refractivity contribution in [2.45, 2.75) is 13.8 Å². The molecule has 0 aliphatic carbocycles. The largest absolute Gasteiger partial charge is 0.288 e. The van der Waals surface area contributed by atoms with Gasteiger partial charge in [-0.05, 0) is 24.1 Å². The summed E-state index contributed by atoms with van der Waals surface area (Å²) in [5.74, 6) is 0.719. The third-order valence-electron chi connectivity index (χ3n) is 1.88. The van der Waals surface area contributed by atoms with Gasteiger partial charge in [0.15, 0.2) is 5.12 Å². The Hall–Kier alpha value is -0.730. The summed E-state index contributed by atoms with van der Waals surface area (Å²) in [7, 11) is 0. The Morgan fingerprint density at radius 3 is 2.87 bits per heavy atom. The molecular weight excluding hydrogens is 228 g/mol. The second-order valence-corrected chi connectivity index (χ2v) is 4.82. The highest BCUT2D eigenvalue weighted by molar-refractivity contribution is 8.13. The average Bonchev–Trinajstić information content (AvgIpc) is 2.18. The summed E-state index contributed by atoms with van der Waals surface area (Å²) < 4.78 is 0. The van der Waals surface area contributed by atoms with Crippen molar-refractivity contribution in [1.82, 2.24) is 0 Å². The van der Waals surface area contributed by atoms with Crippen molar-refractivity contribution in [3.8, 4) is 0 Å². The number of carbonyl (C=O) groups excluding carboxylic acids is 1. The Labute approximate surface area is 99.5 Å². The Bertz CT molecular complexity index is 385. The topological polar surface area (TPSA) is 17.1 Å². The van der Waals surface area contributed by atoms with Gasteiger partial charge in [0, 0.05) is 17.7 Å². The lowest BCUT2D eigenvalue weighted by atomic mass is 10.1. The number of rotatable bonds is 3. The fourth-order valence-corrected chi connectivity index (χ4v) is 1.67. The molecule has 0 N–H and O–H groups in total. The first kappa shape index (κ1) is 12.3. The first-order valence-corrected chi connectivity index (χ1v) is 6.02. The van der Waals surface area contributed by atoms with Gasteiger partial charge in [-0.15, -0.1) is 0 Å². The zero-order chi connectivity index (χ0) is 11.3. The fraction of sp³-hybridized carbons (Fsp3) is 0.250. The molecule has 0 amide bonds. The summed E-state index contributed by atoms with van der Waals surface area (Å²) in [6, 6.07) is 5.87. The molecule has 1 aromatic rings. The third-order valence-corrected chi connectivity index (χ3v) is 3.06. The van der Waals surface area contributed by atoms with Gasteiger partial charge >= 0.3 is 0 Å². The molecule has 0 fully saturated rings. The summed E-state index contributed by atoms with van der Waals surface area (Å²) >= 11 is 7.22. The van der Waals surface area contributed by atoms with Crippen molar-refractivity contribution in [2.75, 3.05) is 5.75 Å². The van der Waals surface area contributed by atoms with E-state index in [2.05, 4.69) is 0 Å². The van der Waals surface area contributed by atoms with Crippen LogP contribution in [0.25, 0.3) is 6.08 Å². The zero-order valence-corrected chi connectivity index (χ0v) is 10.4. The van der Waals surface area contributed by atoms with Crippen molar-refractivity contribution in [3.63, 3.8) is 0 Å². The van der Waals surface area contributed by atoms with E-state index in [1.54, 1.807) is 6.92 Å². The van der Waals surface area contributed by atoms with Crippen LogP contribution in [0, 0.1) is 6.92 Å². The van der Waals surface area contributed by atoms with Crippen molar-refractivity contribution in [2.24, 2.45) is 0 Å². The van der Waals surface area contributed by atoms with Crippen LogP contribution in [0.3, 0.4) is 0 Å². The molecule has 0 bridgehead atoms. The molecule has 0 saturated carbocycles. The number of hydrogen-bond acceptors (Lipinski definition) is 2. The standard InChI is InChI=1S/C12H13ClOS/c1-9-8-11(5-6-12(9)13)4-3-7-15-10(2)14/h3-6,8H,7H2,1-2H3. The number of hydrogen-bond donors (Lipinski definition) is 0. The van der Waals surface area contributed by atoms with Crippen LogP contribution in [0.15, 0.2) is 24.3 Å². The van der Waals surface area contributed by atoms with Gasteiger partial charge in [0.2, 0.25) is 0 Å². The van der Waals surface area contributed by atoms with Crippen molar-refractivity contribution in [3.05, 3.63) is 40.4 Å². The van der Waals surface area contributed by atoms with Crippen LogP contribution in [0.4, 0.5) is 0 Å². The Kier molecular flexibility index (Phi) is 4.92. The van der Waals surface area contributed by atoms with Gasteiger partial charge in [0.05, 0.1) is 0 Å². The van der Waals surface area contributed by atoms with Gasteiger partial charge in [-0.3, -0.25) is 4.79 Å². The van der Waals surface area contributed by atoms with Crippen LogP contribution >= 0.6 is 23.4 Å². The zero-order valence-electron chi connectivity index (χ0n) is 8.79. The minimum atomic E-state index is 0.145. The maximum atomic E-state index is 10.7. The number of halogens is 1. The maximum Gasteiger partial charge on any atom is 0.186 e. The molecular formula is C12H13ClOS. The van der Waals surface area contributed by atoms with Crippen LogP contribution in [0.1, 0.15) is 18.1 Å². The lowest BCUT2D eigenvalue weighted by molar-refractivity contribution is -0.109. The summed E-state index contributed by atoms with van der Waals surface area (Å²) in [6.07, 6.45) is 3.98. The molecule has 0 aliphatic heterocycles. The van der Waals surface area contributed by atoms with Crippen LogP contribution in [0.2, 0.25) is 5.02 Å². The molecule has 0 unspecified atom stereocenters. The molecule has 0 aliphatic rings. The number of aryl methyl sites for hydroxylation is 1. The monoisotopic (exact) mass is 240 g/mol. The smallest absolute Gasteiger partial charge is 0.186 e. The highest BCUT2D eigenvalue weighted by atomic mass is 35.5. The summed E-state index contributed by atoms with van der Waals surface area (Å²) in [6.45, 7) is 3.55. The van der Waals surface area contributed by atoms with E-state index in [1.165, 1.54) is 11.8 Å². The molecule has 0 saturated heterocycles. The van der Waals surface area contributed by atoms with Gasteiger partial charge in [-0.2, -0.15) is 0 Å². The second-order valence-electron chi connectivity index (χ2n) is 3.21. The number of benzene rings is 1. The highest BCUT2D eigenvalue weighted by Gasteiger charge is 1.94. The van der Waals surface area contributed by atoms with E-state index in [0.717, 1.165) is 21.9 Å². The number of thioether (sulfide) groups is 1. The predicted molar refractivity (Wildman–Crippen MR) is 68.4 cm³/mol. The summed E-state index contributed by atoms with van der Waals surface area (Å²) in [4.78, 5) is 10.7. The molecule has 0 heterocycles. The van der Waals surface area contributed by atoms with Gasteiger partial charge in [0.25, 0.3) is 0 Å². The van der Waals surface area contributed by atoms with E-state index in [9.17, 15) is 4.79 Å². The third kappa shape index (κ3) is 4.54. The van der Waals surface area contributed by atoms with Crippen LogP contribution in [0.5, 0.6) is 0 Å². The molecule has 1 nitrogen and oxygen atoms in total. The van der Waals surface area contributed by atoms with Crippen molar-refractivity contribution in [1.29, 1.82) is 0 Å². The Morgan fingerprint density at radius 2 is 2.27 bits per heavy atom. The first-order chi connectivity index (χ1) is 7.09. The highest BCUT2D eigenvalue weighted by Crippen LogP contribution is 2.17.